The van der Waals surface area contributed by atoms with Gasteiger partial charge in [0, 0.05) is 24.9 Å². The zero-order chi connectivity index (χ0) is 17.3. The Morgan fingerprint density at radius 1 is 1.33 bits per heavy atom. The van der Waals surface area contributed by atoms with Gasteiger partial charge in [0.25, 0.3) is 11.2 Å². The molecule has 0 fully saturated rings. The number of non-ortho nitro benzene ring substituents is 1. The van der Waals surface area contributed by atoms with Crippen molar-refractivity contribution >= 4 is 38.8 Å². The molecule has 2 heterocycles. The van der Waals surface area contributed by atoms with Gasteiger partial charge in [0.1, 0.15) is 11.2 Å². The van der Waals surface area contributed by atoms with Crippen LogP contribution in [0.3, 0.4) is 0 Å². The summed E-state index contributed by atoms with van der Waals surface area (Å²) in [7, 11) is 1.55. The quantitative estimate of drug-likeness (QED) is 0.533. The highest BCUT2D eigenvalue weighted by molar-refractivity contribution is 7.17. The number of hydrogen-bond donors (Lipinski definition) is 0. The first kappa shape index (κ1) is 15.8. The largest absolute Gasteiger partial charge is 0.314 e. The van der Waals surface area contributed by atoms with Crippen molar-refractivity contribution in [2.24, 2.45) is 0 Å². The Labute approximate surface area is 139 Å². The maximum Gasteiger partial charge on any atom is 0.271 e. The van der Waals surface area contributed by atoms with E-state index < -0.39 is 4.92 Å². The van der Waals surface area contributed by atoms with Crippen LogP contribution in [0.25, 0.3) is 10.2 Å². The molecule has 8 nitrogen and oxygen atoms in total. The molecule has 1 amide bonds. The zero-order valence-electron chi connectivity index (χ0n) is 12.6. The highest BCUT2D eigenvalue weighted by atomic mass is 32.1. The van der Waals surface area contributed by atoms with E-state index in [-0.39, 0.29) is 23.7 Å². The van der Waals surface area contributed by atoms with E-state index in [4.69, 9.17) is 0 Å². The number of nitro groups is 1. The number of rotatable bonds is 4. The van der Waals surface area contributed by atoms with Crippen LogP contribution in [0, 0.1) is 10.1 Å². The molecule has 0 aliphatic rings. The Balaban J connectivity index is 1.81. The summed E-state index contributed by atoms with van der Waals surface area (Å²) in [6.45, 7) is -0.160. The normalized spacial score (nSPS) is 10.7. The smallest absolute Gasteiger partial charge is 0.271 e. The highest BCUT2D eigenvalue weighted by Crippen LogP contribution is 2.19. The van der Waals surface area contributed by atoms with Gasteiger partial charge in [-0.05, 0) is 23.6 Å². The minimum atomic E-state index is -0.507. The molecule has 9 heteroatoms. The number of anilines is 1. The van der Waals surface area contributed by atoms with Crippen LogP contribution in [-0.2, 0) is 11.3 Å². The number of carbonyl (C=O) groups is 1. The van der Waals surface area contributed by atoms with Gasteiger partial charge in [-0.15, -0.1) is 11.3 Å². The minimum Gasteiger partial charge on any atom is -0.314 e. The Kier molecular flexibility index (Phi) is 4.09. The monoisotopic (exact) mass is 344 g/mol. The van der Waals surface area contributed by atoms with Crippen molar-refractivity contribution in [1.29, 1.82) is 0 Å². The molecule has 0 saturated heterocycles. The molecular weight excluding hydrogens is 332 g/mol. The van der Waals surface area contributed by atoms with E-state index in [1.165, 1.54) is 51.4 Å². The molecule has 0 aliphatic heterocycles. The third-order valence-electron chi connectivity index (χ3n) is 3.56. The van der Waals surface area contributed by atoms with Gasteiger partial charge in [-0.2, -0.15) is 0 Å². The standard InChI is InChI=1S/C15H12N4O4S/c1-17(10-2-4-11(5-3-10)19(22)23)13(20)8-18-9-16-12-6-7-24-14(12)15(18)21/h2-7,9H,8H2,1H3. The average molecular weight is 344 g/mol. The number of hydrogen-bond acceptors (Lipinski definition) is 6. The van der Waals surface area contributed by atoms with E-state index >= 15 is 0 Å². The number of likely N-dealkylation sites (N-methyl/N-ethyl adjacent to an activating group) is 1. The molecule has 0 atom stereocenters. The van der Waals surface area contributed by atoms with Crippen molar-refractivity contribution in [3.63, 3.8) is 0 Å². The molecule has 0 saturated carbocycles. The predicted molar refractivity (Wildman–Crippen MR) is 90.4 cm³/mol. The molecule has 3 rings (SSSR count). The van der Waals surface area contributed by atoms with Crippen LogP contribution in [-0.4, -0.2) is 27.4 Å². The Morgan fingerprint density at radius 2 is 2.04 bits per heavy atom. The van der Waals surface area contributed by atoms with Crippen LogP contribution in [0.15, 0.2) is 46.8 Å². The van der Waals surface area contributed by atoms with Gasteiger partial charge in [-0.3, -0.25) is 24.3 Å². The lowest BCUT2D eigenvalue weighted by atomic mass is 10.2. The van der Waals surface area contributed by atoms with Crippen LogP contribution in [0.1, 0.15) is 0 Å². The van der Waals surface area contributed by atoms with Crippen molar-refractivity contribution in [3.05, 3.63) is 62.5 Å². The second-order valence-corrected chi connectivity index (χ2v) is 5.95. The second-order valence-electron chi connectivity index (χ2n) is 5.04. The zero-order valence-corrected chi connectivity index (χ0v) is 13.4. The first-order valence-corrected chi connectivity index (χ1v) is 7.79. The average Bonchev–Trinajstić information content (AvgIpc) is 3.06. The molecule has 3 aromatic rings. The van der Waals surface area contributed by atoms with E-state index in [9.17, 15) is 19.7 Å². The second kappa shape index (κ2) is 6.20. The fourth-order valence-corrected chi connectivity index (χ4v) is 2.98. The number of fused-ring (bicyclic) bond motifs is 1. The van der Waals surface area contributed by atoms with Crippen LogP contribution < -0.4 is 10.5 Å². The Bertz CT molecular complexity index is 977. The first-order chi connectivity index (χ1) is 11.5. The van der Waals surface area contributed by atoms with Crippen molar-refractivity contribution in [2.45, 2.75) is 6.54 Å². The first-order valence-electron chi connectivity index (χ1n) is 6.91. The molecule has 1 aromatic carbocycles. The van der Waals surface area contributed by atoms with Gasteiger partial charge in [-0.25, -0.2) is 4.98 Å². The summed E-state index contributed by atoms with van der Waals surface area (Å²) < 4.78 is 1.76. The highest BCUT2D eigenvalue weighted by Gasteiger charge is 2.15. The molecule has 2 aromatic heterocycles. The summed E-state index contributed by atoms with van der Waals surface area (Å²) >= 11 is 1.28. The molecule has 0 spiro atoms. The SMILES string of the molecule is CN(C(=O)Cn1cnc2ccsc2c1=O)c1ccc([N+](=O)[O-])cc1. The summed E-state index contributed by atoms with van der Waals surface area (Å²) in [6.07, 6.45) is 1.35. The summed E-state index contributed by atoms with van der Waals surface area (Å²) in [5, 5.41) is 12.4. The Morgan fingerprint density at radius 3 is 2.71 bits per heavy atom. The molecule has 0 bridgehead atoms. The van der Waals surface area contributed by atoms with E-state index in [1.807, 2.05) is 0 Å². The lowest BCUT2D eigenvalue weighted by molar-refractivity contribution is -0.384. The molecule has 0 radical (unpaired) electrons. The number of aromatic nitrogens is 2. The van der Waals surface area contributed by atoms with Crippen molar-refractivity contribution < 1.29 is 9.72 Å². The lowest BCUT2D eigenvalue weighted by Crippen LogP contribution is -2.33. The van der Waals surface area contributed by atoms with Crippen LogP contribution >= 0.6 is 11.3 Å². The maximum absolute atomic E-state index is 12.4. The maximum atomic E-state index is 12.4. The lowest BCUT2D eigenvalue weighted by Gasteiger charge is -2.17. The fourth-order valence-electron chi connectivity index (χ4n) is 2.19. The molecule has 0 N–H and O–H groups in total. The predicted octanol–water partition coefficient (Wildman–Crippen LogP) is 2.03. The van der Waals surface area contributed by atoms with Gasteiger partial charge in [-0.1, -0.05) is 0 Å². The number of benzene rings is 1. The number of nitro benzene ring substituents is 1. The third-order valence-corrected chi connectivity index (χ3v) is 4.45. The van der Waals surface area contributed by atoms with E-state index in [1.54, 1.807) is 18.5 Å². The van der Waals surface area contributed by atoms with Gasteiger partial charge >= 0.3 is 0 Å². The van der Waals surface area contributed by atoms with Crippen molar-refractivity contribution in [3.8, 4) is 0 Å². The van der Waals surface area contributed by atoms with Gasteiger partial charge < -0.3 is 4.90 Å². The van der Waals surface area contributed by atoms with E-state index in [0.29, 0.717) is 15.9 Å². The molecule has 0 aliphatic carbocycles. The molecular formula is C15H12N4O4S. The van der Waals surface area contributed by atoms with Crippen molar-refractivity contribution in [2.75, 3.05) is 11.9 Å². The minimum absolute atomic E-state index is 0.0526. The number of amides is 1. The van der Waals surface area contributed by atoms with Gasteiger partial charge in [0.2, 0.25) is 5.91 Å². The van der Waals surface area contributed by atoms with E-state index in [0.717, 1.165) is 0 Å². The van der Waals surface area contributed by atoms with Gasteiger partial charge in [0.05, 0.1) is 16.8 Å². The number of carbonyl (C=O) groups excluding carboxylic acids is 1. The molecule has 0 unspecified atom stereocenters. The van der Waals surface area contributed by atoms with Gasteiger partial charge in [0.15, 0.2) is 0 Å². The summed E-state index contributed by atoms with van der Waals surface area (Å²) in [4.78, 5) is 40.3. The molecule has 122 valence electrons. The Hall–Kier alpha value is -3.07. The summed E-state index contributed by atoms with van der Waals surface area (Å²) in [5.74, 6) is -0.330. The van der Waals surface area contributed by atoms with Crippen LogP contribution in [0.4, 0.5) is 11.4 Å². The number of thiophene rings is 1. The topological polar surface area (TPSA) is 98.3 Å². The fraction of sp³-hybridized carbons (Fsp3) is 0.133. The van der Waals surface area contributed by atoms with Crippen LogP contribution in [0.2, 0.25) is 0 Å². The number of nitrogens with zero attached hydrogens (tertiary/aromatic N) is 4. The molecule has 24 heavy (non-hydrogen) atoms. The van der Waals surface area contributed by atoms with E-state index in [2.05, 4.69) is 4.98 Å². The summed E-state index contributed by atoms with van der Waals surface area (Å²) in [6, 6.07) is 7.37. The van der Waals surface area contributed by atoms with Crippen LogP contribution in [0.5, 0.6) is 0 Å². The van der Waals surface area contributed by atoms with Crippen molar-refractivity contribution in [1.82, 2.24) is 9.55 Å². The third kappa shape index (κ3) is 2.88. The summed E-state index contributed by atoms with van der Waals surface area (Å²) in [5.41, 5.74) is 0.796.